The second-order valence-corrected chi connectivity index (χ2v) is 5.86. The molecule has 8 heteroatoms. The molecule has 4 rings (SSSR count). The van der Waals surface area contributed by atoms with Crippen molar-refractivity contribution in [2.75, 3.05) is 31.1 Å². The number of aromatic nitrogens is 4. The molecule has 0 radical (unpaired) electrons. The maximum Gasteiger partial charge on any atom is 0.233 e. The molecule has 0 unspecified atom stereocenters. The molecule has 1 aliphatic heterocycles. The summed E-state index contributed by atoms with van der Waals surface area (Å²) in [5.41, 5.74) is 1.48. The second-order valence-electron chi connectivity index (χ2n) is 5.25. The number of piperazine rings is 1. The van der Waals surface area contributed by atoms with Crippen molar-refractivity contribution in [1.82, 2.24) is 24.9 Å². The van der Waals surface area contributed by atoms with Crippen molar-refractivity contribution in [3.8, 4) is 0 Å². The van der Waals surface area contributed by atoms with Crippen molar-refractivity contribution in [3.63, 3.8) is 0 Å². The average Bonchev–Trinajstić information content (AvgIpc) is 3.15. The fraction of sp³-hybridized carbons (Fsp3) is 0.267. The second kappa shape index (κ2) is 5.98. The number of hydrogen-bond acceptors (Lipinski definition) is 8. The van der Waals surface area contributed by atoms with Crippen LogP contribution in [0.15, 0.2) is 29.6 Å². The fourth-order valence-corrected chi connectivity index (χ4v) is 3.06. The molecule has 0 atom stereocenters. The van der Waals surface area contributed by atoms with E-state index in [4.69, 9.17) is 0 Å². The Hall–Kier alpha value is -2.45. The van der Waals surface area contributed by atoms with Crippen LogP contribution in [0.3, 0.4) is 0 Å². The quantitative estimate of drug-likeness (QED) is 0.722. The molecule has 1 aromatic carbocycles. The van der Waals surface area contributed by atoms with Gasteiger partial charge >= 0.3 is 0 Å². The Bertz CT molecular complexity index is 844. The van der Waals surface area contributed by atoms with Crippen molar-refractivity contribution in [3.05, 3.63) is 41.0 Å². The van der Waals surface area contributed by atoms with E-state index in [0.29, 0.717) is 17.3 Å². The molecule has 23 heavy (non-hydrogen) atoms. The molecular formula is C15H14N6OS. The van der Waals surface area contributed by atoms with Gasteiger partial charge in [0.2, 0.25) is 11.7 Å². The third-order valence-electron chi connectivity index (χ3n) is 3.80. The van der Waals surface area contributed by atoms with E-state index in [9.17, 15) is 4.79 Å². The minimum Gasteiger partial charge on any atom is -0.338 e. The van der Waals surface area contributed by atoms with Gasteiger partial charge in [0.15, 0.2) is 0 Å². The third-order valence-corrected chi connectivity index (χ3v) is 4.30. The van der Waals surface area contributed by atoms with Crippen LogP contribution in [-0.2, 0) is 0 Å². The molecule has 116 valence electrons. The zero-order valence-electron chi connectivity index (χ0n) is 12.3. The van der Waals surface area contributed by atoms with E-state index in [1.807, 2.05) is 24.3 Å². The molecule has 0 saturated carbocycles. The Labute approximate surface area is 136 Å². The van der Waals surface area contributed by atoms with E-state index in [-0.39, 0.29) is 5.78 Å². The van der Waals surface area contributed by atoms with Crippen molar-refractivity contribution in [2.24, 2.45) is 0 Å². The van der Waals surface area contributed by atoms with E-state index in [1.54, 1.807) is 5.38 Å². The number of anilines is 1. The summed E-state index contributed by atoms with van der Waals surface area (Å²) in [5.74, 6) is 0.380. The lowest BCUT2D eigenvalue weighted by Gasteiger charge is -2.27. The van der Waals surface area contributed by atoms with E-state index >= 15 is 0 Å². The fourth-order valence-electron chi connectivity index (χ4n) is 2.63. The van der Waals surface area contributed by atoms with Crippen molar-refractivity contribution < 1.29 is 4.79 Å². The summed E-state index contributed by atoms with van der Waals surface area (Å²) in [6, 6.07) is 7.56. The van der Waals surface area contributed by atoms with Gasteiger partial charge < -0.3 is 10.2 Å². The lowest BCUT2D eigenvalue weighted by molar-refractivity contribution is 0.103. The number of fused-ring (bicyclic) bond motifs is 1. The molecule has 1 aliphatic rings. The van der Waals surface area contributed by atoms with Crippen molar-refractivity contribution in [1.29, 1.82) is 0 Å². The lowest BCUT2D eigenvalue weighted by atomic mass is 10.1. The molecule has 0 aliphatic carbocycles. The number of rotatable bonds is 3. The molecule has 0 bridgehead atoms. The highest BCUT2D eigenvalue weighted by Gasteiger charge is 2.21. The van der Waals surface area contributed by atoms with E-state index in [2.05, 4.69) is 29.8 Å². The Balaban J connectivity index is 1.85. The van der Waals surface area contributed by atoms with Gasteiger partial charge in [-0.3, -0.25) is 4.79 Å². The summed E-state index contributed by atoms with van der Waals surface area (Å²) >= 11 is 1.16. The summed E-state index contributed by atoms with van der Waals surface area (Å²) in [6.45, 7) is 3.42. The number of carbonyl (C=O) groups is 1. The molecule has 2 aromatic heterocycles. The molecule has 1 N–H and O–H groups in total. The highest BCUT2D eigenvalue weighted by molar-refractivity contribution is 7.03. The van der Waals surface area contributed by atoms with Gasteiger partial charge in [-0.05, 0) is 17.6 Å². The predicted octanol–water partition coefficient (Wildman–Crippen LogP) is 1.12. The Morgan fingerprint density at radius 1 is 1.17 bits per heavy atom. The molecule has 3 heterocycles. The Morgan fingerprint density at radius 2 is 2.00 bits per heavy atom. The molecule has 0 spiro atoms. The first-order valence-corrected chi connectivity index (χ1v) is 8.21. The van der Waals surface area contributed by atoms with Gasteiger partial charge in [-0.2, -0.15) is 0 Å². The lowest BCUT2D eigenvalue weighted by Crippen LogP contribution is -2.44. The summed E-state index contributed by atoms with van der Waals surface area (Å²) in [6.07, 6.45) is 0. The van der Waals surface area contributed by atoms with Crippen LogP contribution in [0.1, 0.15) is 16.2 Å². The Morgan fingerprint density at radius 3 is 2.78 bits per heavy atom. The number of ketones is 1. The molecule has 7 nitrogen and oxygen atoms in total. The number of nitrogens with one attached hydrogen (secondary N) is 1. The van der Waals surface area contributed by atoms with Gasteiger partial charge in [0.05, 0.1) is 5.52 Å². The van der Waals surface area contributed by atoms with Crippen LogP contribution >= 0.6 is 11.5 Å². The van der Waals surface area contributed by atoms with E-state index < -0.39 is 0 Å². The van der Waals surface area contributed by atoms with Crippen LogP contribution in [0.25, 0.3) is 10.9 Å². The number of para-hydroxylation sites is 1. The van der Waals surface area contributed by atoms with E-state index in [0.717, 1.165) is 48.6 Å². The normalized spacial score (nSPS) is 15.0. The smallest absolute Gasteiger partial charge is 0.233 e. The minimum atomic E-state index is -0.214. The van der Waals surface area contributed by atoms with Gasteiger partial charge in [0, 0.05) is 36.9 Å². The largest absolute Gasteiger partial charge is 0.338 e. The highest BCUT2D eigenvalue weighted by atomic mass is 32.1. The van der Waals surface area contributed by atoms with Crippen LogP contribution in [0, 0.1) is 0 Å². The van der Waals surface area contributed by atoms with Crippen molar-refractivity contribution >= 4 is 34.2 Å². The van der Waals surface area contributed by atoms with Gasteiger partial charge in [-0.15, -0.1) is 5.10 Å². The average molecular weight is 326 g/mol. The van der Waals surface area contributed by atoms with Crippen LogP contribution in [0.5, 0.6) is 0 Å². The van der Waals surface area contributed by atoms with Crippen LogP contribution in [-0.4, -0.2) is 51.5 Å². The number of nitrogens with zero attached hydrogens (tertiary/aromatic N) is 5. The van der Waals surface area contributed by atoms with Crippen LogP contribution in [0.2, 0.25) is 0 Å². The van der Waals surface area contributed by atoms with E-state index in [1.165, 1.54) is 0 Å². The topological polar surface area (TPSA) is 83.9 Å². The van der Waals surface area contributed by atoms with Crippen LogP contribution < -0.4 is 10.2 Å². The number of benzene rings is 1. The number of carbonyl (C=O) groups excluding carboxylic acids is 1. The monoisotopic (exact) mass is 326 g/mol. The Kier molecular flexibility index (Phi) is 3.68. The summed E-state index contributed by atoms with van der Waals surface area (Å²) in [7, 11) is 0. The van der Waals surface area contributed by atoms with Crippen LogP contribution in [0.4, 0.5) is 5.95 Å². The first kappa shape index (κ1) is 14.2. The number of hydrogen-bond donors (Lipinski definition) is 1. The summed E-state index contributed by atoms with van der Waals surface area (Å²) in [5, 5.41) is 9.56. The minimum absolute atomic E-state index is 0.214. The first-order valence-electron chi connectivity index (χ1n) is 7.37. The summed E-state index contributed by atoms with van der Waals surface area (Å²) in [4.78, 5) is 24.0. The van der Waals surface area contributed by atoms with Crippen molar-refractivity contribution in [2.45, 2.75) is 0 Å². The highest BCUT2D eigenvalue weighted by Crippen LogP contribution is 2.22. The molecule has 1 saturated heterocycles. The standard InChI is InChI=1S/C15H14N6OS/c22-14(12-9-23-20-19-12)13-10-3-1-2-4-11(10)17-15(18-13)21-7-5-16-6-8-21/h1-4,9,16H,5-8H2. The first-order chi connectivity index (χ1) is 11.3. The van der Waals surface area contributed by atoms with Gasteiger partial charge in [-0.1, -0.05) is 22.7 Å². The molecular weight excluding hydrogens is 312 g/mol. The maximum atomic E-state index is 12.7. The van der Waals surface area contributed by atoms with Gasteiger partial charge in [0.25, 0.3) is 0 Å². The predicted molar refractivity (Wildman–Crippen MR) is 88.0 cm³/mol. The zero-order valence-corrected chi connectivity index (χ0v) is 13.1. The molecule has 0 amide bonds. The van der Waals surface area contributed by atoms with Gasteiger partial charge in [0.1, 0.15) is 11.4 Å². The molecule has 3 aromatic rings. The zero-order chi connectivity index (χ0) is 15.6. The third kappa shape index (κ3) is 2.66. The maximum absolute atomic E-state index is 12.7. The van der Waals surface area contributed by atoms with Gasteiger partial charge in [-0.25, -0.2) is 9.97 Å². The molecule has 1 fully saturated rings. The SMILES string of the molecule is O=C(c1csnn1)c1nc(N2CCNCC2)nc2ccccc12. The summed E-state index contributed by atoms with van der Waals surface area (Å²) < 4.78 is 3.77.